The van der Waals surface area contributed by atoms with E-state index in [2.05, 4.69) is 10.3 Å². The average Bonchev–Trinajstić information content (AvgIpc) is 2.77. The second-order valence-corrected chi connectivity index (χ2v) is 4.58. The van der Waals surface area contributed by atoms with E-state index in [1.54, 1.807) is 12.1 Å². The molecule has 1 atom stereocenters. The van der Waals surface area contributed by atoms with Crippen molar-refractivity contribution in [1.82, 2.24) is 4.98 Å². The number of nitro benzene ring substituents is 1. The lowest BCUT2D eigenvalue weighted by atomic mass is 10.1. The summed E-state index contributed by atoms with van der Waals surface area (Å²) in [6.07, 6.45) is 0. The van der Waals surface area contributed by atoms with Crippen molar-refractivity contribution in [3.63, 3.8) is 0 Å². The van der Waals surface area contributed by atoms with Crippen molar-refractivity contribution in [1.29, 1.82) is 0 Å². The van der Waals surface area contributed by atoms with Crippen molar-refractivity contribution in [3.05, 3.63) is 28.3 Å². The van der Waals surface area contributed by atoms with Crippen molar-refractivity contribution >= 4 is 22.8 Å². The van der Waals surface area contributed by atoms with Gasteiger partial charge in [-0.2, -0.15) is 4.98 Å². The molecule has 0 fully saturated rings. The molecule has 0 radical (unpaired) electrons. The molecule has 2 rings (SSSR count). The van der Waals surface area contributed by atoms with Gasteiger partial charge in [-0.05, 0) is 12.0 Å². The van der Waals surface area contributed by atoms with Gasteiger partial charge in [0.05, 0.1) is 17.6 Å². The third-order valence-corrected chi connectivity index (χ3v) is 2.90. The number of nitrogens with one attached hydrogen (secondary N) is 1. The second-order valence-electron chi connectivity index (χ2n) is 4.58. The highest BCUT2D eigenvalue weighted by Crippen LogP contribution is 2.27. The molecule has 0 unspecified atom stereocenters. The third kappa shape index (κ3) is 2.65. The molecule has 7 nitrogen and oxygen atoms in total. The lowest BCUT2D eigenvalue weighted by Gasteiger charge is -2.18. The molecule has 0 bridgehead atoms. The Morgan fingerprint density at radius 1 is 1.53 bits per heavy atom. The Kier molecular flexibility index (Phi) is 3.66. The maximum atomic E-state index is 10.9. The van der Waals surface area contributed by atoms with E-state index in [1.165, 1.54) is 6.07 Å². The van der Waals surface area contributed by atoms with Gasteiger partial charge in [0, 0.05) is 6.07 Å². The number of nitrogens with zero attached hydrogens (tertiary/aromatic N) is 2. The van der Waals surface area contributed by atoms with Gasteiger partial charge >= 0.3 is 0 Å². The monoisotopic (exact) mass is 265 g/mol. The number of benzene rings is 1. The molecule has 0 aliphatic heterocycles. The van der Waals surface area contributed by atoms with Crippen LogP contribution in [0.5, 0.6) is 0 Å². The molecular weight excluding hydrogens is 250 g/mol. The van der Waals surface area contributed by atoms with Crippen LogP contribution >= 0.6 is 0 Å². The Hall–Kier alpha value is -2.15. The number of nitro groups is 1. The fourth-order valence-electron chi connectivity index (χ4n) is 1.72. The molecule has 0 aliphatic carbocycles. The van der Waals surface area contributed by atoms with Gasteiger partial charge < -0.3 is 14.8 Å². The molecule has 19 heavy (non-hydrogen) atoms. The summed E-state index contributed by atoms with van der Waals surface area (Å²) in [7, 11) is 0. The highest BCUT2D eigenvalue weighted by Gasteiger charge is 2.19. The maximum Gasteiger partial charge on any atom is 0.298 e. The standard InChI is InChI=1S/C12H15N3O4/c1-7(2)8(6-16)13-12-14-11-9(15(17)18)4-3-5-10(11)19-12/h3-5,7-8,16H,6H2,1-2H3,(H,13,14)/t8-/m1/s1. The van der Waals surface area contributed by atoms with E-state index in [9.17, 15) is 15.2 Å². The molecule has 0 amide bonds. The molecule has 7 heteroatoms. The van der Waals surface area contributed by atoms with Crippen molar-refractivity contribution < 1.29 is 14.4 Å². The van der Waals surface area contributed by atoms with E-state index >= 15 is 0 Å². The first kappa shape index (κ1) is 13.3. The number of anilines is 1. The Bertz CT molecular complexity index is 594. The Morgan fingerprint density at radius 2 is 2.26 bits per heavy atom. The summed E-state index contributed by atoms with van der Waals surface area (Å²) >= 11 is 0. The van der Waals surface area contributed by atoms with Crippen LogP contribution in [0, 0.1) is 16.0 Å². The summed E-state index contributed by atoms with van der Waals surface area (Å²) in [5.41, 5.74) is 0.451. The summed E-state index contributed by atoms with van der Waals surface area (Å²) in [6, 6.07) is 4.50. The fourth-order valence-corrected chi connectivity index (χ4v) is 1.72. The van der Waals surface area contributed by atoms with Crippen LogP contribution in [0.4, 0.5) is 11.7 Å². The highest BCUT2D eigenvalue weighted by atomic mass is 16.6. The van der Waals surface area contributed by atoms with Crippen LogP contribution in [0.1, 0.15) is 13.8 Å². The van der Waals surface area contributed by atoms with Gasteiger partial charge in [-0.1, -0.05) is 19.9 Å². The number of fused-ring (bicyclic) bond motifs is 1. The third-order valence-electron chi connectivity index (χ3n) is 2.90. The number of aromatic nitrogens is 1. The smallest absolute Gasteiger partial charge is 0.298 e. The van der Waals surface area contributed by atoms with Gasteiger partial charge in [0.25, 0.3) is 11.7 Å². The minimum absolute atomic E-state index is 0.0709. The van der Waals surface area contributed by atoms with Crippen LogP contribution in [0.3, 0.4) is 0 Å². The second kappa shape index (κ2) is 5.23. The molecule has 0 saturated carbocycles. The molecule has 1 aromatic carbocycles. The fraction of sp³-hybridized carbons (Fsp3) is 0.417. The van der Waals surface area contributed by atoms with Gasteiger partial charge in [-0.3, -0.25) is 10.1 Å². The molecule has 1 heterocycles. The first-order chi connectivity index (χ1) is 9.02. The molecular formula is C12H15N3O4. The first-order valence-corrected chi connectivity index (χ1v) is 5.94. The van der Waals surface area contributed by atoms with E-state index in [-0.39, 0.29) is 35.8 Å². The summed E-state index contributed by atoms with van der Waals surface area (Å²) in [5.74, 6) is 0.176. The van der Waals surface area contributed by atoms with Gasteiger partial charge in [0.15, 0.2) is 11.1 Å². The zero-order chi connectivity index (χ0) is 14.0. The van der Waals surface area contributed by atoms with Crippen LogP contribution in [0.2, 0.25) is 0 Å². The predicted molar refractivity (Wildman–Crippen MR) is 70.0 cm³/mol. The summed E-state index contributed by atoms with van der Waals surface area (Å²) in [4.78, 5) is 14.4. The molecule has 0 spiro atoms. The van der Waals surface area contributed by atoms with Crippen LogP contribution < -0.4 is 5.32 Å². The van der Waals surface area contributed by atoms with E-state index in [0.717, 1.165) is 0 Å². The van der Waals surface area contributed by atoms with Crippen LogP contribution in [0.25, 0.3) is 11.1 Å². The Labute approximate surface area is 109 Å². The SMILES string of the molecule is CC(C)[C@@H](CO)Nc1nc2c([N+](=O)[O-])cccc2o1. The van der Waals surface area contributed by atoms with E-state index in [0.29, 0.717) is 5.58 Å². The lowest BCUT2D eigenvalue weighted by molar-refractivity contribution is -0.383. The van der Waals surface area contributed by atoms with Crippen molar-refractivity contribution in [2.75, 3.05) is 11.9 Å². The zero-order valence-electron chi connectivity index (χ0n) is 10.7. The lowest BCUT2D eigenvalue weighted by Crippen LogP contribution is -2.29. The summed E-state index contributed by atoms with van der Waals surface area (Å²) < 4.78 is 5.40. The molecule has 2 aromatic rings. The quantitative estimate of drug-likeness (QED) is 0.634. The van der Waals surface area contributed by atoms with Crippen molar-refractivity contribution in [2.24, 2.45) is 5.92 Å². The van der Waals surface area contributed by atoms with Gasteiger partial charge in [0.1, 0.15) is 0 Å². The average molecular weight is 265 g/mol. The zero-order valence-corrected chi connectivity index (χ0v) is 10.7. The molecule has 0 aliphatic rings. The minimum Gasteiger partial charge on any atom is -0.423 e. The highest BCUT2D eigenvalue weighted by molar-refractivity contribution is 5.84. The molecule has 1 aromatic heterocycles. The van der Waals surface area contributed by atoms with Crippen molar-refractivity contribution in [3.8, 4) is 0 Å². The minimum atomic E-state index is -0.499. The van der Waals surface area contributed by atoms with E-state index in [1.807, 2.05) is 13.8 Å². The first-order valence-electron chi connectivity index (χ1n) is 5.94. The number of hydrogen-bond donors (Lipinski definition) is 2. The normalized spacial score (nSPS) is 12.8. The molecule has 2 N–H and O–H groups in total. The largest absolute Gasteiger partial charge is 0.423 e. The number of oxazole rings is 1. The molecule has 0 saturated heterocycles. The number of hydrogen-bond acceptors (Lipinski definition) is 6. The number of rotatable bonds is 5. The Balaban J connectivity index is 2.36. The van der Waals surface area contributed by atoms with Crippen LogP contribution in [-0.4, -0.2) is 27.7 Å². The number of aliphatic hydroxyl groups is 1. The number of para-hydroxylation sites is 1. The number of aliphatic hydroxyl groups excluding tert-OH is 1. The summed E-state index contributed by atoms with van der Waals surface area (Å²) in [5, 5.41) is 23.0. The molecule has 102 valence electrons. The van der Waals surface area contributed by atoms with E-state index in [4.69, 9.17) is 4.42 Å². The maximum absolute atomic E-state index is 10.9. The Morgan fingerprint density at radius 3 is 2.84 bits per heavy atom. The van der Waals surface area contributed by atoms with Gasteiger partial charge in [-0.15, -0.1) is 0 Å². The van der Waals surface area contributed by atoms with E-state index < -0.39 is 4.92 Å². The number of non-ortho nitro benzene ring substituents is 1. The van der Waals surface area contributed by atoms with Crippen LogP contribution in [-0.2, 0) is 0 Å². The summed E-state index contributed by atoms with van der Waals surface area (Å²) in [6.45, 7) is 3.82. The van der Waals surface area contributed by atoms with Crippen LogP contribution in [0.15, 0.2) is 22.6 Å². The van der Waals surface area contributed by atoms with Crippen molar-refractivity contribution in [2.45, 2.75) is 19.9 Å². The topological polar surface area (TPSA) is 101 Å². The van der Waals surface area contributed by atoms with Gasteiger partial charge in [0.2, 0.25) is 0 Å². The van der Waals surface area contributed by atoms with Gasteiger partial charge in [-0.25, -0.2) is 0 Å². The predicted octanol–water partition coefficient (Wildman–Crippen LogP) is 2.16.